The minimum Gasteiger partial charge on any atom is -0.481 e. The standard InChI is InChI=1S/2C18H36O2.C6H7N/c2*1-2-3-4-5-6-7-8-9-10-11-12-13-14-15-16-17-18(19)20;7-6-4-2-1-3-5-6/h2*2-17H2,1H3,(H,19,20);1-5H,7H2. The Kier molecular flexibility index (Phi) is 42.1. The molecule has 1 aromatic carbocycles. The summed E-state index contributed by atoms with van der Waals surface area (Å²) in [6.45, 7) is 4.54. The average molecular weight is 662 g/mol. The van der Waals surface area contributed by atoms with E-state index in [4.69, 9.17) is 15.9 Å². The zero-order valence-electron chi connectivity index (χ0n) is 31.3. The van der Waals surface area contributed by atoms with Crippen molar-refractivity contribution >= 4 is 17.6 Å². The minimum absolute atomic E-state index is 0.345. The highest BCUT2D eigenvalue weighted by Gasteiger charge is 1.98. The molecule has 47 heavy (non-hydrogen) atoms. The second-order valence-corrected chi connectivity index (χ2v) is 13.6. The van der Waals surface area contributed by atoms with E-state index in [0.29, 0.717) is 12.8 Å². The van der Waals surface area contributed by atoms with Crippen molar-refractivity contribution in [3.05, 3.63) is 30.3 Å². The van der Waals surface area contributed by atoms with E-state index in [9.17, 15) is 9.59 Å². The summed E-state index contributed by atoms with van der Waals surface area (Å²) in [5, 5.41) is 17.0. The molecule has 0 aliphatic heterocycles. The molecule has 4 N–H and O–H groups in total. The highest BCUT2D eigenvalue weighted by molar-refractivity contribution is 5.66. The Morgan fingerprint density at radius 2 is 0.617 bits per heavy atom. The SMILES string of the molecule is CCCCCCCCCCCCCCCCCC(=O)O.CCCCCCCCCCCCCCCCCC(=O)O.Nc1ccccc1. The first-order chi connectivity index (χ1) is 22.9. The summed E-state index contributed by atoms with van der Waals surface area (Å²) >= 11 is 0. The molecule has 0 radical (unpaired) electrons. The third kappa shape index (κ3) is 48.5. The summed E-state index contributed by atoms with van der Waals surface area (Å²) in [6, 6.07) is 9.49. The van der Waals surface area contributed by atoms with E-state index < -0.39 is 11.9 Å². The average Bonchev–Trinajstić information content (AvgIpc) is 3.05. The van der Waals surface area contributed by atoms with Crippen LogP contribution in [0.4, 0.5) is 5.69 Å². The van der Waals surface area contributed by atoms with Gasteiger partial charge >= 0.3 is 11.9 Å². The van der Waals surface area contributed by atoms with E-state index >= 15 is 0 Å². The van der Waals surface area contributed by atoms with E-state index in [0.717, 1.165) is 31.4 Å². The fourth-order valence-electron chi connectivity index (χ4n) is 5.75. The molecular weight excluding hydrogens is 582 g/mol. The lowest BCUT2D eigenvalue weighted by Crippen LogP contribution is -1.93. The number of benzene rings is 1. The molecule has 0 spiro atoms. The van der Waals surface area contributed by atoms with Gasteiger partial charge in [0.05, 0.1) is 0 Å². The topological polar surface area (TPSA) is 101 Å². The maximum Gasteiger partial charge on any atom is 0.303 e. The van der Waals surface area contributed by atoms with Gasteiger partial charge in [-0.25, -0.2) is 0 Å². The molecule has 0 saturated carbocycles. The number of unbranched alkanes of at least 4 members (excludes halogenated alkanes) is 28. The fraction of sp³-hybridized carbons (Fsp3) is 0.810. The molecule has 0 heterocycles. The lowest BCUT2D eigenvalue weighted by Gasteiger charge is -2.03. The highest BCUT2D eigenvalue weighted by Crippen LogP contribution is 2.15. The summed E-state index contributed by atoms with van der Waals surface area (Å²) in [5.74, 6) is -1.31. The van der Waals surface area contributed by atoms with Crippen LogP contribution in [0.5, 0.6) is 0 Å². The highest BCUT2D eigenvalue weighted by atomic mass is 16.4. The van der Waals surface area contributed by atoms with Gasteiger partial charge in [0, 0.05) is 18.5 Å². The van der Waals surface area contributed by atoms with Crippen LogP contribution in [-0.2, 0) is 9.59 Å². The Morgan fingerprint density at radius 1 is 0.404 bits per heavy atom. The van der Waals surface area contributed by atoms with Crippen molar-refractivity contribution in [3.8, 4) is 0 Å². The van der Waals surface area contributed by atoms with Crippen molar-refractivity contribution < 1.29 is 19.8 Å². The Bertz CT molecular complexity index is 695. The van der Waals surface area contributed by atoms with Crippen LogP contribution >= 0.6 is 0 Å². The van der Waals surface area contributed by atoms with Crippen LogP contribution in [0.3, 0.4) is 0 Å². The maximum absolute atomic E-state index is 10.3. The van der Waals surface area contributed by atoms with Gasteiger partial charge in [-0.05, 0) is 25.0 Å². The number of rotatable bonds is 32. The largest absolute Gasteiger partial charge is 0.481 e. The maximum atomic E-state index is 10.3. The van der Waals surface area contributed by atoms with Gasteiger partial charge in [-0.1, -0.05) is 212 Å². The first-order valence-corrected chi connectivity index (χ1v) is 20.2. The summed E-state index contributed by atoms with van der Waals surface area (Å²) in [6.07, 6.45) is 40.4. The monoisotopic (exact) mass is 662 g/mol. The van der Waals surface area contributed by atoms with E-state index in [1.807, 2.05) is 30.3 Å². The number of carboxylic acid groups (broad SMARTS) is 2. The lowest BCUT2D eigenvalue weighted by atomic mass is 10.0. The molecule has 0 aromatic heterocycles. The predicted octanol–water partition coefficient (Wildman–Crippen LogP) is 13.9. The molecular formula is C42H79NO4. The number of hydrogen-bond acceptors (Lipinski definition) is 3. The normalized spacial score (nSPS) is 10.5. The van der Waals surface area contributed by atoms with E-state index in [2.05, 4.69) is 13.8 Å². The molecule has 1 aromatic rings. The Balaban J connectivity index is 0. The zero-order valence-corrected chi connectivity index (χ0v) is 31.3. The van der Waals surface area contributed by atoms with Gasteiger partial charge in [0.25, 0.3) is 0 Å². The van der Waals surface area contributed by atoms with Crippen molar-refractivity contribution in [2.24, 2.45) is 0 Å². The third-order valence-electron chi connectivity index (χ3n) is 8.79. The third-order valence-corrected chi connectivity index (χ3v) is 8.79. The molecule has 0 bridgehead atoms. The van der Waals surface area contributed by atoms with Crippen molar-refractivity contribution in [1.29, 1.82) is 0 Å². The quantitative estimate of drug-likeness (QED) is 0.0527. The summed E-state index contributed by atoms with van der Waals surface area (Å²) < 4.78 is 0. The molecule has 0 fully saturated rings. The molecule has 0 saturated heterocycles. The van der Waals surface area contributed by atoms with Crippen molar-refractivity contribution in [1.82, 2.24) is 0 Å². The summed E-state index contributed by atoms with van der Waals surface area (Å²) in [7, 11) is 0. The smallest absolute Gasteiger partial charge is 0.303 e. The van der Waals surface area contributed by atoms with Gasteiger partial charge in [0.15, 0.2) is 0 Å². The number of anilines is 1. The van der Waals surface area contributed by atoms with Crippen LogP contribution in [-0.4, -0.2) is 22.2 Å². The van der Waals surface area contributed by atoms with Gasteiger partial charge in [0.1, 0.15) is 0 Å². The fourth-order valence-corrected chi connectivity index (χ4v) is 5.75. The second kappa shape index (κ2) is 42.0. The Labute approximate surface area is 292 Å². The number of nitrogens with two attached hydrogens (primary N) is 1. The van der Waals surface area contributed by atoms with Crippen molar-refractivity contribution in [3.63, 3.8) is 0 Å². The van der Waals surface area contributed by atoms with Gasteiger partial charge in [-0.3, -0.25) is 9.59 Å². The molecule has 0 amide bonds. The summed E-state index contributed by atoms with van der Waals surface area (Å²) in [5.41, 5.74) is 6.18. The van der Waals surface area contributed by atoms with Crippen molar-refractivity contribution in [2.75, 3.05) is 5.73 Å². The van der Waals surface area contributed by atoms with Crippen LogP contribution in [0.1, 0.15) is 219 Å². The number of hydrogen-bond donors (Lipinski definition) is 3. The number of aliphatic carboxylic acids is 2. The molecule has 0 unspecified atom stereocenters. The Morgan fingerprint density at radius 3 is 0.787 bits per heavy atom. The first kappa shape index (κ1) is 47.1. The molecule has 0 atom stereocenters. The molecule has 0 aliphatic rings. The lowest BCUT2D eigenvalue weighted by molar-refractivity contribution is -0.138. The molecule has 5 nitrogen and oxygen atoms in total. The van der Waals surface area contributed by atoms with E-state index in [-0.39, 0.29) is 0 Å². The van der Waals surface area contributed by atoms with Crippen LogP contribution in [0, 0.1) is 0 Å². The van der Waals surface area contributed by atoms with Gasteiger partial charge in [-0.15, -0.1) is 0 Å². The van der Waals surface area contributed by atoms with Crippen LogP contribution < -0.4 is 5.73 Å². The number of carboxylic acids is 2. The number of para-hydroxylation sites is 1. The van der Waals surface area contributed by atoms with Crippen molar-refractivity contribution in [2.45, 2.75) is 219 Å². The van der Waals surface area contributed by atoms with Crippen LogP contribution in [0.25, 0.3) is 0 Å². The predicted molar refractivity (Wildman–Crippen MR) is 205 cm³/mol. The molecule has 276 valence electrons. The van der Waals surface area contributed by atoms with Crippen LogP contribution in [0.2, 0.25) is 0 Å². The summed E-state index contributed by atoms with van der Waals surface area (Å²) in [4.78, 5) is 20.7. The minimum atomic E-state index is -0.653. The number of nitrogen functional groups attached to an aromatic ring is 1. The molecule has 1 rings (SSSR count). The van der Waals surface area contributed by atoms with Gasteiger partial charge in [0.2, 0.25) is 0 Å². The van der Waals surface area contributed by atoms with Crippen LogP contribution in [0.15, 0.2) is 30.3 Å². The van der Waals surface area contributed by atoms with E-state index in [1.165, 1.54) is 167 Å². The number of carbonyl (C=O) groups is 2. The zero-order chi connectivity index (χ0) is 34.9. The molecule has 0 aliphatic carbocycles. The van der Waals surface area contributed by atoms with Gasteiger partial charge < -0.3 is 15.9 Å². The Hall–Kier alpha value is -2.04. The molecule has 5 heteroatoms. The first-order valence-electron chi connectivity index (χ1n) is 20.2. The second-order valence-electron chi connectivity index (χ2n) is 13.6. The van der Waals surface area contributed by atoms with E-state index in [1.54, 1.807) is 0 Å². The van der Waals surface area contributed by atoms with Gasteiger partial charge in [-0.2, -0.15) is 0 Å².